The monoisotopic (exact) mass is 229 g/mol. The Morgan fingerprint density at radius 1 is 0.938 bits per heavy atom. The van der Waals surface area contributed by atoms with Crippen LogP contribution in [0.25, 0.3) is 0 Å². The summed E-state index contributed by atoms with van der Waals surface area (Å²) in [5, 5.41) is 0. The molecule has 0 bridgehead atoms. The average molecular weight is 229 g/mol. The summed E-state index contributed by atoms with van der Waals surface area (Å²) >= 11 is 0. The zero-order valence-corrected chi connectivity index (χ0v) is 11.8. The SMILES string of the molecule is CCCCOC[C@H](CC)N(CCC)CCC. The molecule has 0 aromatic heterocycles. The Labute approximate surface area is 102 Å². The molecule has 2 nitrogen and oxygen atoms in total. The van der Waals surface area contributed by atoms with Crippen molar-refractivity contribution < 1.29 is 4.74 Å². The fraction of sp³-hybridized carbons (Fsp3) is 1.00. The van der Waals surface area contributed by atoms with Crippen molar-refractivity contribution >= 4 is 0 Å². The van der Waals surface area contributed by atoms with Gasteiger partial charge in [-0.15, -0.1) is 0 Å². The van der Waals surface area contributed by atoms with Crippen LogP contribution in [-0.4, -0.2) is 37.2 Å². The molecule has 0 amide bonds. The average Bonchev–Trinajstić information content (AvgIpc) is 2.29. The van der Waals surface area contributed by atoms with E-state index >= 15 is 0 Å². The standard InChI is InChI=1S/C14H31NO/c1-5-9-12-16-13-14(8-4)15(10-6-2)11-7-3/h14H,5-13H2,1-4H3/t14-/m0/s1. The molecule has 0 fully saturated rings. The van der Waals surface area contributed by atoms with Crippen molar-refractivity contribution in [3.05, 3.63) is 0 Å². The van der Waals surface area contributed by atoms with Gasteiger partial charge in [0, 0.05) is 12.6 Å². The molecule has 2 heteroatoms. The van der Waals surface area contributed by atoms with Gasteiger partial charge in [-0.3, -0.25) is 4.90 Å². The molecule has 0 saturated heterocycles. The molecule has 0 N–H and O–H groups in total. The van der Waals surface area contributed by atoms with Crippen molar-refractivity contribution in [2.75, 3.05) is 26.3 Å². The third-order valence-electron chi connectivity index (χ3n) is 2.96. The molecule has 0 aliphatic heterocycles. The van der Waals surface area contributed by atoms with Crippen molar-refractivity contribution in [1.29, 1.82) is 0 Å². The third-order valence-corrected chi connectivity index (χ3v) is 2.96. The molecule has 0 saturated carbocycles. The van der Waals surface area contributed by atoms with Crippen molar-refractivity contribution in [1.82, 2.24) is 4.90 Å². The zero-order valence-electron chi connectivity index (χ0n) is 11.8. The maximum Gasteiger partial charge on any atom is 0.0621 e. The highest BCUT2D eigenvalue weighted by molar-refractivity contribution is 4.69. The van der Waals surface area contributed by atoms with Crippen LogP contribution in [0.1, 0.15) is 59.8 Å². The molecular formula is C14H31NO. The molecule has 0 spiro atoms. The molecule has 0 unspecified atom stereocenters. The molecule has 98 valence electrons. The van der Waals surface area contributed by atoms with E-state index in [0.29, 0.717) is 6.04 Å². The van der Waals surface area contributed by atoms with Crippen LogP contribution in [0, 0.1) is 0 Å². The summed E-state index contributed by atoms with van der Waals surface area (Å²) in [5.74, 6) is 0. The van der Waals surface area contributed by atoms with Gasteiger partial charge in [-0.1, -0.05) is 34.1 Å². The van der Waals surface area contributed by atoms with Crippen LogP contribution < -0.4 is 0 Å². The zero-order chi connectivity index (χ0) is 12.2. The minimum atomic E-state index is 0.622. The lowest BCUT2D eigenvalue weighted by molar-refractivity contribution is 0.0555. The lowest BCUT2D eigenvalue weighted by atomic mass is 10.2. The molecule has 0 rings (SSSR count). The van der Waals surface area contributed by atoms with Gasteiger partial charge in [0.15, 0.2) is 0 Å². The van der Waals surface area contributed by atoms with E-state index in [1.165, 1.54) is 45.2 Å². The molecule has 0 heterocycles. The predicted molar refractivity (Wildman–Crippen MR) is 72.0 cm³/mol. The quantitative estimate of drug-likeness (QED) is 0.501. The summed E-state index contributed by atoms with van der Waals surface area (Å²) < 4.78 is 5.76. The van der Waals surface area contributed by atoms with Gasteiger partial charge in [-0.25, -0.2) is 0 Å². The van der Waals surface area contributed by atoms with E-state index < -0.39 is 0 Å². The molecular weight excluding hydrogens is 198 g/mol. The summed E-state index contributed by atoms with van der Waals surface area (Å²) in [4.78, 5) is 2.59. The van der Waals surface area contributed by atoms with E-state index in [1.54, 1.807) is 0 Å². The number of ether oxygens (including phenoxy) is 1. The topological polar surface area (TPSA) is 12.5 Å². The molecule has 0 aliphatic rings. The number of hydrogen-bond acceptors (Lipinski definition) is 2. The second-order valence-electron chi connectivity index (χ2n) is 4.53. The van der Waals surface area contributed by atoms with Crippen LogP contribution in [-0.2, 0) is 4.74 Å². The van der Waals surface area contributed by atoms with Gasteiger partial charge in [-0.05, 0) is 38.8 Å². The maximum absolute atomic E-state index is 5.76. The minimum absolute atomic E-state index is 0.622. The summed E-state index contributed by atoms with van der Waals surface area (Å²) in [6.45, 7) is 13.3. The van der Waals surface area contributed by atoms with Crippen molar-refractivity contribution in [2.24, 2.45) is 0 Å². The minimum Gasteiger partial charge on any atom is -0.380 e. The lowest BCUT2D eigenvalue weighted by Crippen LogP contribution is -2.39. The van der Waals surface area contributed by atoms with E-state index in [9.17, 15) is 0 Å². The number of unbranched alkanes of at least 4 members (excludes halogenated alkanes) is 1. The molecule has 0 aromatic rings. The largest absolute Gasteiger partial charge is 0.380 e. The smallest absolute Gasteiger partial charge is 0.0621 e. The van der Waals surface area contributed by atoms with E-state index in [-0.39, 0.29) is 0 Å². The van der Waals surface area contributed by atoms with Gasteiger partial charge in [0.25, 0.3) is 0 Å². The van der Waals surface area contributed by atoms with Gasteiger partial charge in [0.05, 0.1) is 6.61 Å². The highest BCUT2D eigenvalue weighted by Crippen LogP contribution is 2.07. The third kappa shape index (κ3) is 7.24. The Morgan fingerprint density at radius 3 is 2.00 bits per heavy atom. The fourth-order valence-corrected chi connectivity index (χ4v) is 2.00. The van der Waals surface area contributed by atoms with Gasteiger partial charge < -0.3 is 4.74 Å². The van der Waals surface area contributed by atoms with Crippen LogP contribution in [0.2, 0.25) is 0 Å². The Morgan fingerprint density at radius 2 is 1.56 bits per heavy atom. The van der Waals surface area contributed by atoms with Gasteiger partial charge in [0.1, 0.15) is 0 Å². The van der Waals surface area contributed by atoms with E-state index in [4.69, 9.17) is 4.74 Å². The van der Waals surface area contributed by atoms with Crippen LogP contribution in [0.5, 0.6) is 0 Å². The van der Waals surface area contributed by atoms with E-state index in [0.717, 1.165) is 13.2 Å². The number of nitrogens with zero attached hydrogens (tertiary/aromatic N) is 1. The van der Waals surface area contributed by atoms with Gasteiger partial charge in [-0.2, -0.15) is 0 Å². The first kappa shape index (κ1) is 15.9. The molecule has 1 atom stereocenters. The van der Waals surface area contributed by atoms with Gasteiger partial charge >= 0.3 is 0 Å². The number of rotatable bonds is 11. The summed E-state index contributed by atoms with van der Waals surface area (Å²) in [7, 11) is 0. The highest BCUT2D eigenvalue weighted by Gasteiger charge is 2.14. The van der Waals surface area contributed by atoms with E-state index in [2.05, 4.69) is 32.6 Å². The predicted octanol–water partition coefficient (Wildman–Crippen LogP) is 3.70. The molecule has 0 aliphatic carbocycles. The van der Waals surface area contributed by atoms with Gasteiger partial charge in [0.2, 0.25) is 0 Å². The van der Waals surface area contributed by atoms with Crippen LogP contribution >= 0.6 is 0 Å². The first-order valence-corrected chi connectivity index (χ1v) is 7.11. The summed E-state index contributed by atoms with van der Waals surface area (Å²) in [6.07, 6.45) is 6.10. The molecule has 0 aromatic carbocycles. The second-order valence-corrected chi connectivity index (χ2v) is 4.53. The van der Waals surface area contributed by atoms with Crippen molar-refractivity contribution in [3.8, 4) is 0 Å². The normalized spacial score (nSPS) is 13.3. The lowest BCUT2D eigenvalue weighted by Gasteiger charge is -2.30. The maximum atomic E-state index is 5.76. The Balaban J connectivity index is 3.89. The Hall–Kier alpha value is -0.0800. The summed E-state index contributed by atoms with van der Waals surface area (Å²) in [6, 6.07) is 0.622. The van der Waals surface area contributed by atoms with E-state index in [1.807, 2.05) is 0 Å². The number of hydrogen-bond donors (Lipinski definition) is 0. The Kier molecular flexibility index (Phi) is 11.3. The van der Waals surface area contributed by atoms with Crippen LogP contribution in [0.15, 0.2) is 0 Å². The fourth-order valence-electron chi connectivity index (χ4n) is 2.00. The van der Waals surface area contributed by atoms with Crippen molar-refractivity contribution in [2.45, 2.75) is 65.8 Å². The molecule has 0 radical (unpaired) electrons. The van der Waals surface area contributed by atoms with Crippen molar-refractivity contribution in [3.63, 3.8) is 0 Å². The molecule has 16 heavy (non-hydrogen) atoms. The second kappa shape index (κ2) is 11.4. The van der Waals surface area contributed by atoms with Crippen LogP contribution in [0.3, 0.4) is 0 Å². The highest BCUT2D eigenvalue weighted by atomic mass is 16.5. The summed E-state index contributed by atoms with van der Waals surface area (Å²) in [5.41, 5.74) is 0. The first-order chi connectivity index (χ1) is 7.79. The van der Waals surface area contributed by atoms with Crippen LogP contribution in [0.4, 0.5) is 0 Å². The Bertz CT molecular complexity index is 133. The first-order valence-electron chi connectivity index (χ1n) is 7.11.